The van der Waals surface area contributed by atoms with E-state index in [9.17, 15) is 10.1 Å². The molecule has 3 rings (SSSR count). The van der Waals surface area contributed by atoms with Crippen molar-refractivity contribution in [3.05, 3.63) is 34.4 Å². The van der Waals surface area contributed by atoms with Crippen LogP contribution in [-0.2, 0) is 0 Å². The summed E-state index contributed by atoms with van der Waals surface area (Å²) >= 11 is 0. The van der Waals surface area contributed by atoms with E-state index in [2.05, 4.69) is 10.6 Å². The fourth-order valence-electron chi connectivity index (χ4n) is 3.79. The Morgan fingerprint density at radius 2 is 1.90 bits per heavy atom. The van der Waals surface area contributed by atoms with E-state index >= 15 is 0 Å². The Hall–Kier alpha value is -1.62. The normalized spacial score (nSPS) is 29.2. The monoisotopic (exact) mass is 289 g/mol. The molecule has 1 heterocycles. The second-order valence-electron chi connectivity index (χ2n) is 6.21. The van der Waals surface area contributed by atoms with Crippen LogP contribution in [0.1, 0.15) is 38.5 Å². The molecule has 1 aliphatic heterocycles. The zero-order valence-electron chi connectivity index (χ0n) is 12.3. The summed E-state index contributed by atoms with van der Waals surface area (Å²) in [6, 6.07) is 7.92. The van der Waals surface area contributed by atoms with E-state index in [0.717, 1.165) is 12.2 Å². The quantitative estimate of drug-likeness (QED) is 0.659. The standard InChI is InChI=1S/C16H23N3O2/c20-19(21)13-9-7-12(8-10-13)18-16-6-3-4-14(16)15-5-1-2-11-17-15/h7-10,14-18H,1-6,11H2. The third kappa shape index (κ3) is 3.35. The average Bonchev–Trinajstić information content (AvgIpc) is 2.97. The van der Waals surface area contributed by atoms with Gasteiger partial charge in [-0.2, -0.15) is 0 Å². The number of piperidine rings is 1. The lowest BCUT2D eigenvalue weighted by Crippen LogP contribution is -2.44. The summed E-state index contributed by atoms with van der Waals surface area (Å²) in [7, 11) is 0. The molecule has 2 N–H and O–H groups in total. The number of nitro benzene ring substituents is 1. The molecule has 21 heavy (non-hydrogen) atoms. The summed E-state index contributed by atoms with van der Waals surface area (Å²) in [5.74, 6) is 0.681. The summed E-state index contributed by atoms with van der Waals surface area (Å²) in [6.07, 6.45) is 7.65. The van der Waals surface area contributed by atoms with Crippen molar-refractivity contribution in [1.82, 2.24) is 5.32 Å². The van der Waals surface area contributed by atoms with Crippen LogP contribution in [-0.4, -0.2) is 23.6 Å². The van der Waals surface area contributed by atoms with Gasteiger partial charge in [0.25, 0.3) is 5.69 Å². The first kappa shape index (κ1) is 14.3. The van der Waals surface area contributed by atoms with Crippen LogP contribution in [0.15, 0.2) is 24.3 Å². The second-order valence-corrected chi connectivity index (χ2v) is 6.21. The zero-order valence-corrected chi connectivity index (χ0v) is 12.3. The number of hydrogen-bond donors (Lipinski definition) is 2. The van der Waals surface area contributed by atoms with Crippen molar-refractivity contribution in [1.29, 1.82) is 0 Å². The van der Waals surface area contributed by atoms with Gasteiger partial charge in [0, 0.05) is 29.9 Å². The van der Waals surface area contributed by atoms with Gasteiger partial charge < -0.3 is 10.6 Å². The van der Waals surface area contributed by atoms with E-state index in [1.807, 2.05) is 12.1 Å². The number of non-ortho nitro benzene ring substituents is 1. The third-order valence-electron chi connectivity index (χ3n) is 4.86. The van der Waals surface area contributed by atoms with Crippen molar-refractivity contribution in [2.24, 2.45) is 5.92 Å². The Morgan fingerprint density at radius 3 is 2.57 bits per heavy atom. The smallest absolute Gasteiger partial charge is 0.269 e. The topological polar surface area (TPSA) is 67.2 Å². The number of benzene rings is 1. The van der Waals surface area contributed by atoms with E-state index in [4.69, 9.17) is 0 Å². The average molecular weight is 289 g/mol. The first-order valence-corrected chi connectivity index (χ1v) is 7.98. The molecular weight excluding hydrogens is 266 g/mol. The number of rotatable bonds is 4. The zero-order chi connectivity index (χ0) is 14.7. The van der Waals surface area contributed by atoms with Gasteiger partial charge in [-0.15, -0.1) is 0 Å². The lowest BCUT2D eigenvalue weighted by molar-refractivity contribution is -0.384. The van der Waals surface area contributed by atoms with Crippen molar-refractivity contribution in [3.8, 4) is 0 Å². The summed E-state index contributed by atoms with van der Waals surface area (Å²) < 4.78 is 0. The van der Waals surface area contributed by atoms with Crippen LogP contribution in [0.3, 0.4) is 0 Å². The SMILES string of the molecule is O=[N+]([O-])c1ccc(NC2CCCC2C2CCCCN2)cc1. The van der Waals surface area contributed by atoms with Crippen LogP contribution in [0.2, 0.25) is 0 Å². The molecular formula is C16H23N3O2. The molecule has 0 amide bonds. The number of hydrogen-bond acceptors (Lipinski definition) is 4. The minimum Gasteiger partial charge on any atom is -0.382 e. The minimum atomic E-state index is -0.353. The molecule has 1 aromatic rings. The number of nitro groups is 1. The van der Waals surface area contributed by atoms with Crippen LogP contribution in [0, 0.1) is 16.0 Å². The Balaban J connectivity index is 1.64. The fourth-order valence-corrected chi connectivity index (χ4v) is 3.79. The summed E-state index contributed by atoms with van der Waals surface area (Å²) in [5.41, 5.74) is 1.14. The highest BCUT2D eigenvalue weighted by atomic mass is 16.6. The molecule has 1 saturated heterocycles. The maximum Gasteiger partial charge on any atom is 0.269 e. The van der Waals surface area contributed by atoms with Crippen LogP contribution >= 0.6 is 0 Å². The van der Waals surface area contributed by atoms with Crippen LogP contribution in [0.4, 0.5) is 11.4 Å². The molecule has 2 fully saturated rings. The van der Waals surface area contributed by atoms with Gasteiger partial charge in [0.05, 0.1) is 4.92 Å². The largest absolute Gasteiger partial charge is 0.382 e. The second kappa shape index (κ2) is 6.43. The fraction of sp³-hybridized carbons (Fsp3) is 0.625. The van der Waals surface area contributed by atoms with Crippen molar-refractivity contribution in [2.75, 3.05) is 11.9 Å². The van der Waals surface area contributed by atoms with Gasteiger partial charge in [-0.1, -0.05) is 12.8 Å². The van der Waals surface area contributed by atoms with Gasteiger partial charge >= 0.3 is 0 Å². The van der Waals surface area contributed by atoms with E-state index in [1.54, 1.807) is 12.1 Å². The van der Waals surface area contributed by atoms with Gasteiger partial charge in [0.1, 0.15) is 0 Å². The summed E-state index contributed by atoms with van der Waals surface area (Å²) in [6.45, 7) is 1.14. The Bertz CT molecular complexity index is 483. The molecule has 3 atom stereocenters. The van der Waals surface area contributed by atoms with Crippen LogP contribution in [0.25, 0.3) is 0 Å². The maximum absolute atomic E-state index is 10.7. The highest BCUT2D eigenvalue weighted by Crippen LogP contribution is 2.34. The number of nitrogens with zero attached hydrogens (tertiary/aromatic N) is 1. The van der Waals surface area contributed by atoms with Crippen molar-refractivity contribution < 1.29 is 4.92 Å². The van der Waals surface area contributed by atoms with Gasteiger partial charge in [0.2, 0.25) is 0 Å². The molecule has 2 aliphatic rings. The predicted molar refractivity (Wildman–Crippen MR) is 83.5 cm³/mol. The first-order valence-electron chi connectivity index (χ1n) is 7.98. The maximum atomic E-state index is 10.7. The molecule has 5 nitrogen and oxygen atoms in total. The van der Waals surface area contributed by atoms with Gasteiger partial charge in [-0.05, 0) is 50.3 Å². The Kier molecular flexibility index (Phi) is 4.39. The van der Waals surface area contributed by atoms with Gasteiger partial charge in [0.15, 0.2) is 0 Å². The van der Waals surface area contributed by atoms with Crippen molar-refractivity contribution >= 4 is 11.4 Å². The molecule has 0 spiro atoms. The van der Waals surface area contributed by atoms with Crippen LogP contribution in [0.5, 0.6) is 0 Å². The number of nitrogens with one attached hydrogen (secondary N) is 2. The lowest BCUT2D eigenvalue weighted by atomic mass is 9.88. The molecule has 0 bridgehead atoms. The van der Waals surface area contributed by atoms with Gasteiger partial charge in [-0.3, -0.25) is 10.1 Å². The summed E-state index contributed by atoms with van der Waals surface area (Å²) in [4.78, 5) is 10.3. The van der Waals surface area contributed by atoms with E-state index in [-0.39, 0.29) is 10.6 Å². The molecule has 114 valence electrons. The molecule has 3 unspecified atom stereocenters. The van der Waals surface area contributed by atoms with E-state index in [0.29, 0.717) is 18.0 Å². The minimum absolute atomic E-state index is 0.150. The van der Waals surface area contributed by atoms with E-state index in [1.165, 1.54) is 38.5 Å². The molecule has 0 aromatic heterocycles. The molecule has 1 saturated carbocycles. The first-order chi connectivity index (χ1) is 10.2. The third-order valence-corrected chi connectivity index (χ3v) is 4.86. The Morgan fingerprint density at radius 1 is 1.10 bits per heavy atom. The predicted octanol–water partition coefficient (Wildman–Crippen LogP) is 3.32. The highest BCUT2D eigenvalue weighted by Gasteiger charge is 2.34. The van der Waals surface area contributed by atoms with E-state index < -0.39 is 0 Å². The molecule has 1 aliphatic carbocycles. The van der Waals surface area contributed by atoms with Crippen molar-refractivity contribution in [3.63, 3.8) is 0 Å². The lowest BCUT2D eigenvalue weighted by Gasteiger charge is -2.33. The number of anilines is 1. The Labute approximate surface area is 125 Å². The van der Waals surface area contributed by atoms with Crippen molar-refractivity contribution in [2.45, 2.75) is 50.6 Å². The highest BCUT2D eigenvalue weighted by molar-refractivity contribution is 5.49. The molecule has 0 radical (unpaired) electrons. The molecule has 5 heteroatoms. The van der Waals surface area contributed by atoms with Crippen LogP contribution < -0.4 is 10.6 Å². The molecule has 1 aromatic carbocycles. The summed E-state index contributed by atoms with van der Waals surface area (Å²) in [5, 5.41) is 18.0. The van der Waals surface area contributed by atoms with Gasteiger partial charge in [-0.25, -0.2) is 0 Å².